The van der Waals surface area contributed by atoms with Crippen LogP contribution >= 0.6 is 0 Å². The molecule has 2 aromatic heterocycles. The highest BCUT2D eigenvalue weighted by Gasteiger charge is 2.27. The monoisotopic (exact) mass is 736 g/mol. The molecule has 0 radical (unpaired) electrons. The second kappa shape index (κ2) is 12.9. The van der Waals surface area contributed by atoms with Crippen LogP contribution in [0.1, 0.15) is 0 Å². The predicted octanol–water partition coefficient (Wildman–Crippen LogP) is 15.1. The van der Waals surface area contributed by atoms with E-state index in [0.717, 1.165) is 11.4 Å². The molecule has 10 aromatic carbocycles. The van der Waals surface area contributed by atoms with Gasteiger partial charge in [0.25, 0.3) is 0 Å². The smallest absolute Gasteiger partial charge is 0.0620 e. The van der Waals surface area contributed by atoms with Gasteiger partial charge in [0.1, 0.15) is 0 Å². The maximum absolute atomic E-state index is 2.52. The number of benzene rings is 10. The van der Waals surface area contributed by atoms with Gasteiger partial charge in [-0.1, -0.05) is 182 Å². The summed E-state index contributed by atoms with van der Waals surface area (Å²) in [6.07, 6.45) is 0. The highest BCUT2D eigenvalue weighted by molar-refractivity contribution is 6.35. The molecule has 12 rings (SSSR count). The number of nitrogens with zero attached hydrogens (tertiary/aromatic N) is 2. The summed E-state index contributed by atoms with van der Waals surface area (Å²) in [5.41, 5.74) is 14.4. The molecule has 0 bridgehead atoms. The van der Waals surface area contributed by atoms with E-state index in [9.17, 15) is 0 Å². The first kappa shape index (κ1) is 32.6. The van der Waals surface area contributed by atoms with Gasteiger partial charge < -0.3 is 9.13 Å². The molecule has 12 aromatic rings. The van der Waals surface area contributed by atoms with Crippen LogP contribution in [0.3, 0.4) is 0 Å². The fraction of sp³-hybridized carbons (Fsp3) is 0. The van der Waals surface area contributed by atoms with E-state index in [0.29, 0.717) is 0 Å². The second-order valence-electron chi connectivity index (χ2n) is 15.2. The molecular formula is C56H36N2. The minimum atomic E-state index is 1.14. The van der Waals surface area contributed by atoms with E-state index >= 15 is 0 Å². The Morgan fingerprint density at radius 2 is 0.569 bits per heavy atom. The third kappa shape index (κ3) is 4.79. The lowest BCUT2D eigenvalue weighted by Crippen LogP contribution is -1.99. The summed E-state index contributed by atoms with van der Waals surface area (Å²) in [6.45, 7) is 0. The van der Waals surface area contributed by atoms with Gasteiger partial charge in [0, 0.05) is 44.0 Å². The molecule has 0 aliphatic heterocycles. The van der Waals surface area contributed by atoms with Gasteiger partial charge in [0.05, 0.1) is 22.4 Å². The molecule has 0 unspecified atom stereocenters. The Balaban J connectivity index is 1.29. The summed E-state index contributed by atoms with van der Waals surface area (Å²) >= 11 is 0. The molecule has 2 heterocycles. The fourth-order valence-corrected chi connectivity index (χ4v) is 9.69. The van der Waals surface area contributed by atoms with E-state index in [4.69, 9.17) is 0 Å². The van der Waals surface area contributed by atoms with Crippen LogP contribution in [-0.2, 0) is 0 Å². The van der Waals surface area contributed by atoms with Crippen LogP contribution in [0.4, 0.5) is 0 Å². The van der Waals surface area contributed by atoms with Crippen molar-refractivity contribution in [1.29, 1.82) is 0 Å². The maximum atomic E-state index is 2.52. The Morgan fingerprint density at radius 1 is 0.259 bits per heavy atom. The minimum Gasteiger partial charge on any atom is -0.308 e. The molecule has 0 amide bonds. The number of hydrogen-bond acceptors (Lipinski definition) is 0. The maximum Gasteiger partial charge on any atom is 0.0620 e. The van der Waals surface area contributed by atoms with Crippen molar-refractivity contribution < 1.29 is 0 Å². The molecule has 0 aliphatic rings. The fourth-order valence-electron chi connectivity index (χ4n) is 9.69. The largest absolute Gasteiger partial charge is 0.308 e. The average molecular weight is 737 g/mol. The average Bonchev–Trinajstić information content (AvgIpc) is 3.83. The van der Waals surface area contributed by atoms with Gasteiger partial charge in [0.15, 0.2) is 0 Å². The van der Waals surface area contributed by atoms with Gasteiger partial charge in [-0.2, -0.15) is 0 Å². The van der Waals surface area contributed by atoms with Gasteiger partial charge in [-0.05, 0) is 80.2 Å². The van der Waals surface area contributed by atoms with E-state index in [2.05, 4.69) is 228 Å². The van der Waals surface area contributed by atoms with Gasteiger partial charge in [0.2, 0.25) is 0 Å². The van der Waals surface area contributed by atoms with Crippen LogP contribution in [0.25, 0.3) is 110 Å². The lowest BCUT2D eigenvalue weighted by molar-refractivity contribution is 1.14. The van der Waals surface area contributed by atoms with Crippen molar-refractivity contribution in [3.8, 4) is 56.1 Å². The van der Waals surface area contributed by atoms with Crippen LogP contribution in [0.15, 0.2) is 218 Å². The first-order valence-corrected chi connectivity index (χ1v) is 20.0. The van der Waals surface area contributed by atoms with Crippen molar-refractivity contribution in [2.75, 3.05) is 0 Å². The van der Waals surface area contributed by atoms with E-state index in [-0.39, 0.29) is 0 Å². The van der Waals surface area contributed by atoms with Crippen molar-refractivity contribution in [2.24, 2.45) is 0 Å². The molecule has 270 valence electrons. The lowest BCUT2D eigenvalue weighted by atomic mass is 9.89. The predicted molar refractivity (Wildman–Crippen MR) is 246 cm³/mol. The van der Waals surface area contributed by atoms with Crippen LogP contribution in [0.5, 0.6) is 0 Å². The summed E-state index contributed by atoms with van der Waals surface area (Å²) in [5, 5.41) is 10.1. The molecule has 0 saturated heterocycles. The van der Waals surface area contributed by atoms with E-state index < -0.39 is 0 Å². The number of para-hydroxylation sites is 2. The Hall–Kier alpha value is -7.68. The zero-order valence-corrected chi connectivity index (χ0v) is 31.7. The molecule has 0 N–H and O–H groups in total. The Morgan fingerprint density at radius 3 is 0.914 bits per heavy atom. The molecule has 0 saturated carbocycles. The van der Waals surface area contributed by atoms with Crippen LogP contribution in [-0.4, -0.2) is 9.13 Å². The molecule has 0 aliphatic carbocycles. The Labute approximate surface area is 336 Å². The molecule has 0 spiro atoms. The van der Waals surface area contributed by atoms with E-state index in [1.54, 1.807) is 0 Å². The van der Waals surface area contributed by atoms with E-state index in [1.165, 1.54) is 98.9 Å². The van der Waals surface area contributed by atoms with Crippen molar-refractivity contribution in [3.05, 3.63) is 218 Å². The van der Waals surface area contributed by atoms with Crippen molar-refractivity contribution in [3.63, 3.8) is 0 Å². The molecule has 0 fully saturated rings. The lowest BCUT2D eigenvalue weighted by Gasteiger charge is -2.17. The number of rotatable bonds is 6. The summed E-state index contributed by atoms with van der Waals surface area (Å²) in [5.74, 6) is 0. The Bertz CT molecular complexity index is 3200. The number of hydrogen-bond donors (Lipinski definition) is 0. The summed E-state index contributed by atoms with van der Waals surface area (Å²) < 4.78 is 5.03. The van der Waals surface area contributed by atoms with Gasteiger partial charge in [-0.25, -0.2) is 0 Å². The zero-order valence-electron chi connectivity index (χ0n) is 31.7. The Kier molecular flexibility index (Phi) is 7.26. The molecule has 2 nitrogen and oxygen atoms in total. The number of fused-ring (bicyclic) bond motifs is 4. The topological polar surface area (TPSA) is 9.86 Å². The van der Waals surface area contributed by atoms with Gasteiger partial charge >= 0.3 is 0 Å². The molecule has 0 atom stereocenters. The SMILES string of the molecule is c1ccc(-c2c(-c3ccccc3)n(-c3ccccc3)c3c2cc2ccc4c5c(ccc3c25)cc2c(-c3ccccc3)c(-c3ccccc3)n(-c3ccccc3)c24)cc1. The minimum absolute atomic E-state index is 1.14. The van der Waals surface area contributed by atoms with Crippen molar-refractivity contribution in [1.82, 2.24) is 9.13 Å². The summed E-state index contributed by atoms with van der Waals surface area (Å²) in [7, 11) is 0. The van der Waals surface area contributed by atoms with Crippen LogP contribution in [0, 0.1) is 0 Å². The third-order valence-corrected chi connectivity index (χ3v) is 12.0. The quantitative estimate of drug-likeness (QED) is 0.150. The second-order valence-corrected chi connectivity index (χ2v) is 15.2. The highest BCUT2D eigenvalue weighted by Crippen LogP contribution is 2.51. The normalized spacial score (nSPS) is 11.8. The van der Waals surface area contributed by atoms with Gasteiger partial charge in [-0.3, -0.25) is 0 Å². The molecule has 2 heteroatoms. The zero-order chi connectivity index (χ0) is 38.2. The summed E-state index contributed by atoms with van der Waals surface area (Å²) in [6, 6.07) is 79.8. The first-order valence-electron chi connectivity index (χ1n) is 20.0. The summed E-state index contributed by atoms with van der Waals surface area (Å²) in [4.78, 5) is 0. The third-order valence-electron chi connectivity index (χ3n) is 12.0. The first-order chi connectivity index (χ1) is 28.8. The van der Waals surface area contributed by atoms with E-state index in [1.807, 2.05) is 0 Å². The van der Waals surface area contributed by atoms with Crippen LogP contribution in [0.2, 0.25) is 0 Å². The molecule has 58 heavy (non-hydrogen) atoms. The van der Waals surface area contributed by atoms with Crippen molar-refractivity contribution in [2.45, 2.75) is 0 Å². The standard InChI is InChI=1S/C56H36N2/c1-7-19-37(20-8-1)51-47-35-41-31-34-46-50-42(32-33-45(49(41)50)55(47)57(43-27-15-5-16-28-43)53(51)39-23-11-3-12-24-39)36-48-52(38-21-9-2-10-22-38)54(40-25-13-4-14-26-40)58(56(46)48)44-29-17-6-18-30-44/h1-36H. The molecular weight excluding hydrogens is 701 g/mol. The van der Waals surface area contributed by atoms with Gasteiger partial charge in [-0.15, -0.1) is 0 Å². The highest BCUT2D eigenvalue weighted by atomic mass is 15.0. The van der Waals surface area contributed by atoms with Crippen molar-refractivity contribution >= 4 is 54.1 Å². The number of aromatic nitrogens is 2. The van der Waals surface area contributed by atoms with Crippen LogP contribution < -0.4 is 0 Å².